The Hall–Kier alpha value is -1.13. The summed E-state index contributed by atoms with van der Waals surface area (Å²) >= 11 is 3.39. The zero-order valence-electron chi connectivity index (χ0n) is 10.1. The predicted molar refractivity (Wildman–Crippen MR) is 75.0 cm³/mol. The second-order valence-electron chi connectivity index (χ2n) is 4.47. The van der Waals surface area contributed by atoms with E-state index in [1.54, 1.807) is 17.1 Å². The molecule has 0 radical (unpaired) electrons. The van der Waals surface area contributed by atoms with Crippen molar-refractivity contribution in [2.24, 2.45) is 0 Å². The molecule has 3 nitrogen and oxygen atoms in total. The van der Waals surface area contributed by atoms with Crippen molar-refractivity contribution in [3.05, 3.63) is 40.4 Å². The molecular formula is C14H16BrNO2. The van der Waals surface area contributed by atoms with Crippen LogP contribution in [0.3, 0.4) is 0 Å². The Kier molecular flexibility index (Phi) is 4.55. The molecule has 1 heterocycles. The van der Waals surface area contributed by atoms with Crippen LogP contribution in [-0.2, 0) is 4.79 Å². The predicted octanol–water partition coefficient (Wildman–Crippen LogP) is 2.45. The van der Waals surface area contributed by atoms with E-state index in [0.717, 1.165) is 29.4 Å². The van der Waals surface area contributed by atoms with Gasteiger partial charge in [-0.25, -0.2) is 0 Å². The number of hydrogen-bond donors (Lipinski definition) is 1. The minimum Gasteiger partial charge on any atom is -0.391 e. The maximum absolute atomic E-state index is 11.9. The van der Waals surface area contributed by atoms with E-state index in [4.69, 9.17) is 0 Å². The molecule has 0 spiro atoms. The van der Waals surface area contributed by atoms with Gasteiger partial charge in [-0.2, -0.15) is 0 Å². The van der Waals surface area contributed by atoms with Crippen molar-refractivity contribution < 1.29 is 9.90 Å². The smallest absolute Gasteiger partial charge is 0.246 e. The maximum Gasteiger partial charge on any atom is 0.246 e. The Bertz CT molecular complexity index is 459. The number of nitrogens with zero attached hydrogens (tertiary/aromatic N) is 1. The second-order valence-corrected chi connectivity index (χ2v) is 5.38. The molecule has 1 aliphatic rings. The van der Waals surface area contributed by atoms with Crippen LogP contribution in [0.5, 0.6) is 0 Å². The molecule has 0 aliphatic carbocycles. The lowest BCUT2D eigenvalue weighted by Crippen LogP contribution is -2.41. The average molecular weight is 310 g/mol. The number of likely N-dealkylation sites (tertiary alicyclic amines) is 1. The zero-order valence-corrected chi connectivity index (χ0v) is 11.6. The summed E-state index contributed by atoms with van der Waals surface area (Å²) in [5.41, 5.74) is 0.982. The monoisotopic (exact) mass is 309 g/mol. The summed E-state index contributed by atoms with van der Waals surface area (Å²) in [6.45, 7) is 1.18. The van der Waals surface area contributed by atoms with Gasteiger partial charge in [0.25, 0.3) is 0 Å². The molecule has 1 amide bonds. The number of benzene rings is 1. The van der Waals surface area contributed by atoms with Gasteiger partial charge in [0.05, 0.1) is 6.10 Å². The van der Waals surface area contributed by atoms with Crippen LogP contribution < -0.4 is 0 Å². The number of β-amino-alcohol motifs (C(OH)–C–C–N with tert-alkyl or cyclic N) is 1. The van der Waals surface area contributed by atoms with Crippen molar-refractivity contribution in [1.29, 1.82) is 0 Å². The Morgan fingerprint density at radius 3 is 3.06 bits per heavy atom. The lowest BCUT2D eigenvalue weighted by Gasteiger charge is -2.29. The van der Waals surface area contributed by atoms with Crippen LogP contribution in [0.25, 0.3) is 6.08 Å². The molecule has 0 saturated carbocycles. The van der Waals surface area contributed by atoms with E-state index >= 15 is 0 Å². The molecule has 1 aromatic rings. The zero-order chi connectivity index (χ0) is 13.0. The third-order valence-corrected chi connectivity index (χ3v) is 3.47. The Morgan fingerprint density at radius 2 is 2.33 bits per heavy atom. The van der Waals surface area contributed by atoms with E-state index in [9.17, 15) is 9.90 Å². The molecule has 1 aliphatic heterocycles. The van der Waals surface area contributed by atoms with Crippen molar-refractivity contribution in [3.8, 4) is 0 Å². The number of aliphatic hydroxyl groups excluding tert-OH is 1. The number of aliphatic hydroxyl groups is 1. The van der Waals surface area contributed by atoms with Gasteiger partial charge >= 0.3 is 0 Å². The van der Waals surface area contributed by atoms with E-state index in [-0.39, 0.29) is 12.0 Å². The summed E-state index contributed by atoms with van der Waals surface area (Å²) in [5.74, 6) is -0.0336. The van der Waals surface area contributed by atoms with Crippen LogP contribution in [0.2, 0.25) is 0 Å². The van der Waals surface area contributed by atoms with E-state index < -0.39 is 0 Å². The highest BCUT2D eigenvalue weighted by Crippen LogP contribution is 2.14. The summed E-state index contributed by atoms with van der Waals surface area (Å²) in [5, 5.41) is 9.53. The first-order valence-corrected chi connectivity index (χ1v) is 6.85. The molecule has 0 unspecified atom stereocenters. The fourth-order valence-corrected chi connectivity index (χ4v) is 2.46. The fraction of sp³-hybridized carbons (Fsp3) is 0.357. The number of amides is 1. The van der Waals surface area contributed by atoms with Gasteiger partial charge in [0, 0.05) is 23.6 Å². The first-order valence-electron chi connectivity index (χ1n) is 6.06. The number of carbonyl (C=O) groups is 1. The number of rotatable bonds is 2. The molecule has 1 aromatic carbocycles. The second kappa shape index (κ2) is 6.16. The Labute approximate surface area is 115 Å². The average Bonchev–Trinajstić information content (AvgIpc) is 2.36. The molecule has 1 N–H and O–H groups in total. The van der Waals surface area contributed by atoms with Crippen LogP contribution in [0.15, 0.2) is 34.8 Å². The normalized spacial score (nSPS) is 20.3. The highest BCUT2D eigenvalue weighted by Gasteiger charge is 2.20. The van der Waals surface area contributed by atoms with Gasteiger partial charge in [0.15, 0.2) is 0 Å². The molecule has 0 aromatic heterocycles. The molecule has 0 bridgehead atoms. The van der Waals surface area contributed by atoms with Gasteiger partial charge in [0.1, 0.15) is 0 Å². The SMILES string of the molecule is O=C(/C=C/c1cccc(Br)c1)N1CCC[C@H](O)C1. The molecule has 2 rings (SSSR count). The van der Waals surface area contributed by atoms with Gasteiger partial charge < -0.3 is 10.0 Å². The van der Waals surface area contributed by atoms with Crippen LogP contribution in [0, 0.1) is 0 Å². The van der Waals surface area contributed by atoms with E-state index in [2.05, 4.69) is 15.9 Å². The number of hydrogen-bond acceptors (Lipinski definition) is 2. The highest BCUT2D eigenvalue weighted by molar-refractivity contribution is 9.10. The van der Waals surface area contributed by atoms with E-state index in [0.29, 0.717) is 6.54 Å². The molecule has 18 heavy (non-hydrogen) atoms. The molecular weight excluding hydrogens is 294 g/mol. The summed E-state index contributed by atoms with van der Waals surface area (Å²) < 4.78 is 0.991. The minimum absolute atomic E-state index is 0.0336. The maximum atomic E-state index is 11.9. The lowest BCUT2D eigenvalue weighted by molar-refractivity contribution is -0.128. The standard InChI is InChI=1S/C14H16BrNO2/c15-12-4-1-3-11(9-12)6-7-14(18)16-8-2-5-13(17)10-16/h1,3-4,6-7,9,13,17H,2,5,8,10H2/b7-6+/t13-/m0/s1. The van der Waals surface area contributed by atoms with E-state index in [1.165, 1.54) is 0 Å². The first kappa shape index (κ1) is 13.3. The summed E-state index contributed by atoms with van der Waals surface area (Å²) in [4.78, 5) is 13.6. The van der Waals surface area contributed by atoms with Crippen LogP contribution in [0.4, 0.5) is 0 Å². The van der Waals surface area contributed by atoms with Gasteiger partial charge in [-0.15, -0.1) is 0 Å². The molecule has 96 valence electrons. The van der Waals surface area contributed by atoms with Crippen molar-refractivity contribution in [1.82, 2.24) is 4.90 Å². The van der Waals surface area contributed by atoms with Gasteiger partial charge in [-0.05, 0) is 36.6 Å². The topological polar surface area (TPSA) is 40.5 Å². The third kappa shape index (κ3) is 3.68. The van der Waals surface area contributed by atoms with Crippen molar-refractivity contribution >= 4 is 27.9 Å². The minimum atomic E-state index is -0.373. The van der Waals surface area contributed by atoms with Crippen LogP contribution in [-0.4, -0.2) is 35.1 Å². The van der Waals surface area contributed by atoms with Crippen LogP contribution >= 0.6 is 15.9 Å². The van der Waals surface area contributed by atoms with Crippen molar-refractivity contribution in [3.63, 3.8) is 0 Å². The molecule has 4 heteroatoms. The van der Waals surface area contributed by atoms with Gasteiger partial charge in [0.2, 0.25) is 5.91 Å². The summed E-state index contributed by atoms with van der Waals surface area (Å²) in [6.07, 6.45) is 4.66. The Balaban J connectivity index is 1.98. The van der Waals surface area contributed by atoms with Crippen LogP contribution in [0.1, 0.15) is 18.4 Å². The fourth-order valence-electron chi connectivity index (χ4n) is 2.04. The molecule has 1 atom stereocenters. The van der Waals surface area contributed by atoms with Crippen molar-refractivity contribution in [2.75, 3.05) is 13.1 Å². The summed E-state index contributed by atoms with van der Waals surface area (Å²) in [6, 6.07) is 7.77. The van der Waals surface area contributed by atoms with Gasteiger partial charge in [-0.3, -0.25) is 4.79 Å². The molecule has 1 saturated heterocycles. The Morgan fingerprint density at radius 1 is 1.50 bits per heavy atom. The lowest BCUT2D eigenvalue weighted by atomic mass is 10.1. The highest BCUT2D eigenvalue weighted by atomic mass is 79.9. The number of carbonyl (C=O) groups excluding carboxylic acids is 1. The summed E-state index contributed by atoms with van der Waals surface area (Å²) in [7, 11) is 0. The third-order valence-electron chi connectivity index (χ3n) is 2.98. The van der Waals surface area contributed by atoms with Gasteiger partial charge in [-0.1, -0.05) is 28.1 Å². The number of halogens is 1. The quantitative estimate of drug-likeness (QED) is 0.853. The molecule has 1 fully saturated rings. The number of piperidine rings is 1. The first-order chi connectivity index (χ1) is 8.65. The van der Waals surface area contributed by atoms with E-state index in [1.807, 2.05) is 24.3 Å². The van der Waals surface area contributed by atoms with Crippen molar-refractivity contribution in [2.45, 2.75) is 18.9 Å². The largest absolute Gasteiger partial charge is 0.391 e.